The van der Waals surface area contributed by atoms with E-state index in [0.717, 1.165) is 11.1 Å². The number of hydrogen-bond acceptors (Lipinski definition) is 4. The van der Waals surface area contributed by atoms with E-state index in [2.05, 4.69) is 4.99 Å². The smallest absolute Gasteiger partial charge is 0.352 e. The van der Waals surface area contributed by atoms with E-state index < -0.39 is 11.6 Å². The van der Waals surface area contributed by atoms with Gasteiger partial charge in [0.25, 0.3) is 0 Å². The fourth-order valence-electron chi connectivity index (χ4n) is 2.82. The van der Waals surface area contributed by atoms with Crippen LogP contribution in [-0.2, 0) is 20.7 Å². The zero-order valence-corrected chi connectivity index (χ0v) is 13.2. The maximum absolute atomic E-state index is 12.5. The molecule has 0 saturated heterocycles. The molecule has 0 aromatic heterocycles. The summed E-state index contributed by atoms with van der Waals surface area (Å²) in [7, 11) is 1.38. The summed E-state index contributed by atoms with van der Waals surface area (Å²) in [5.41, 5.74) is 0.744. The normalized spacial score (nSPS) is 23.0. The molecule has 4 nitrogen and oxygen atoms in total. The molecule has 1 aliphatic heterocycles. The maximum Gasteiger partial charge on any atom is 0.352 e. The highest BCUT2D eigenvalue weighted by Gasteiger charge is 2.52. The van der Waals surface area contributed by atoms with E-state index in [4.69, 9.17) is 9.47 Å². The van der Waals surface area contributed by atoms with Crippen LogP contribution in [0.2, 0.25) is 0 Å². The number of benzene rings is 2. The number of rotatable bonds is 4. The first-order valence-electron chi connectivity index (χ1n) is 7.60. The lowest BCUT2D eigenvalue weighted by Gasteiger charge is -2.29. The highest BCUT2D eigenvalue weighted by atomic mass is 16.6. The van der Waals surface area contributed by atoms with Crippen molar-refractivity contribution in [3.63, 3.8) is 0 Å². The van der Waals surface area contributed by atoms with Crippen molar-refractivity contribution in [3.8, 4) is 0 Å². The van der Waals surface area contributed by atoms with Crippen molar-refractivity contribution in [1.82, 2.24) is 0 Å². The van der Waals surface area contributed by atoms with Gasteiger partial charge in [-0.05, 0) is 24.6 Å². The van der Waals surface area contributed by atoms with Crippen molar-refractivity contribution < 1.29 is 14.3 Å². The SMILES string of the molecule is COC(=O)[C@@]1(Cc2ccccc2)OC(c2ccccc2)=N[C@H]1C. The number of methoxy groups -OCH3 is 1. The van der Waals surface area contributed by atoms with Gasteiger partial charge in [-0.25, -0.2) is 9.79 Å². The minimum Gasteiger partial charge on any atom is -0.466 e. The van der Waals surface area contributed by atoms with Gasteiger partial charge in [-0.1, -0.05) is 48.5 Å². The summed E-state index contributed by atoms with van der Waals surface area (Å²) < 4.78 is 11.1. The Kier molecular flexibility index (Phi) is 4.15. The maximum atomic E-state index is 12.5. The van der Waals surface area contributed by atoms with E-state index in [1.807, 2.05) is 67.6 Å². The Morgan fingerprint density at radius 1 is 1.13 bits per heavy atom. The highest BCUT2D eigenvalue weighted by molar-refractivity contribution is 5.99. The zero-order valence-electron chi connectivity index (χ0n) is 13.2. The molecule has 2 aromatic carbocycles. The minimum atomic E-state index is -1.12. The molecular formula is C19H19NO3. The molecule has 0 amide bonds. The van der Waals surface area contributed by atoms with Crippen molar-refractivity contribution >= 4 is 11.9 Å². The minimum absolute atomic E-state index is 0.328. The molecule has 0 N–H and O–H groups in total. The molecule has 4 heteroatoms. The number of hydrogen-bond donors (Lipinski definition) is 0. The van der Waals surface area contributed by atoms with E-state index in [1.165, 1.54) is 7.11 Å². The second-order valence-corrected chi connectivity index (χ2v) is 5.62. The topological polar surface area (TPSA) is 47.9 Å². The molecule has 0 aliphatic carbocycles. The standard InChI is InChI=1S/C19H19NO3/c1-14-19(18(21)22-2,13-15-9-5-3-6-10-15)23-17(20-14)16-11-7-4-8-12-16/h3-12,14H,13H2,1-2H3/t14-,19-/m0/s1. The number of aliphatic imine (C=N–C) groups is 1. The van der Waals surface area contributed by atoms with Gasteiger partial charge < -0.3 is 9.47 Å². The molecule has 1 aliphatic rings. The molecule has 23 heavy (non-hydrogen) atoms. The summed E-state index contributed by atoms with van der Waals surface area (Å²) in [5, 5.41) is 0. The first-order chi connectivity index (χ1) is 11.2. The van der Waals surface area contributed by atoms with Gasteiger partial charge >= 0.3 is 5.97 Å². The van der Waals surface area contributed by atoms with Gasteiger partial charge in [0.05, 0.1) is 7.11 Å². The Balaban J connectivity index is 1.94. The predicted molar refractivity (Wildman–Crippen MR) is 88.4 cm³/mol. The number of ether oxygens (including phenoxy) is 2. The Labute approximate surface area is 135 Å². The summed E-state index contributed by atoms with van der Waals surface area (Å²) in [5.74, 6) is 0.0861. The van der Waals surface area contributed by atoms with E-state index >= 15 is 0 Å². The van der Waals surface area contributed by atoms with Crippen LogP contribution in [0.25, 0.3) is 0 Å². The summed E-state index contributed by atoms with van der Waals surface area (Å²) in [6.07, 6.45) is 0.418. The van der Waals surface area contributed by atoms with Gasteiger partial charge in [0, 0.05) is 12.0 Å². The van der Waals surface area contributed by atoms with Crippen molar-refractivity contribution in [2.45, 2.75) is 25.0 Å². The summed E-state index contributed by atoms with van der Waals surface area (Å²) >= 11 is 0. The molecule has 118 valence electrons. The van der Waals surface area contributed by atoms with Gasteiger partial charge in [0.15, 0.2) is 0 Å². The monoisotopic (exact) mass is 309 g/mol. The molecule has 0 saturated carbocycles. The second-order valence-electron chi connectivity index (χ2n) is 5.62. The first kappa shape index (κ1) is 15.3. The third kappa shape index (κ3) is 2.84. The molecule has 2 atom stereocenters. The average Bonchev–Trinajstić information content (AvgIpc) is 2.93. The van der Waals surface area contributed by atoms with Crippen molar-refractivity contribution in [3.05, 3.63) is 71.8 Å². The Bertz CT molecular complexity index is 712. The Morgan fingerprint density at radius 2 is 1.74 bits per heavy atom. The van der Waals surface area contributed by atoms with Crippen LogP contribution in [0.5, 0.6) is 0 Å². The van der Waals surface area contributed by atoms with E-state index in [-0.39, 0.29) is 6.04 Å². The van der Waals surface area contributed by atoms with E-state index in [1.54, 1.807) is 0 Å². The number of esters is 1. The third-order valence-electron chi connectivity index (χ3n) is 4.13. The first-order valence-corrected chi connectivity index (χ1v) is 7.60. The summed E-state index contributed by atoms with van der Waals surface area (Å²) in [6, 6.07) is 19.1. The summed E-state index contributed by atoms with van der Waals surface area (Å²) in [6.45, 7) is 1.88. The quantitative estimate of drug-likeness (QED) is 0.816. The lowest BCUT2D eigenvalue weighted by Crippen LogP contribution is -2.49. The Hall–Kier alpha value is -2.62. The van der Waals surface area contributed by atoms with Crippen molar-refractivity contribution in [1.29, 1.82) is 0 Å². The van der Waals surface area contributed by atoms with Gasteiger partial charge in [-0.15, -0.1) is 0 Å². The highest BCUT2D eigenvalue weighted by Crippen LogP contribution is 2.33. The van der Waals surface area contributed by atoms with Gasteiger partial charge in [0.1, 0.15) is 6.04 Å². The lowest BCUT2D eigenvalue weighted by molar-refractivity contribution is -0.160. The lowest BCUT2D eigenvalue weighted by atomic mass is 9.88. The van der Waals surface area contributed by atoms with E-state index in [0.29, 0.717) is 12.3 Å². The third-order valence-corrected chi connectivity index (χ3v) is 4.13. The average molecular weight is 309 g/mol. The van der Waals surface area contributed by atoms with Crippen LogP contribution in [0.4, 0.5) is 0 Å². The number of carbonyl (C=O) groups is 1. The van der Waals surface area contributed by atoms with Gasteiger partial charge in [0.2, 0.25) is 11.5 Å². The predicted octanol–water partition coefficient (Wildman–Crippen LogP) is 3.01. The molecule has 0 bridgehead atoms. The molecule has 0 spiro atoms. The molecular weight excluding hydrogens is 290 g/mol. The van der Waals surface area contributed by atoms with Crippen LogP contribution in [-0.4, -0.2) is 30.6 Å². The molecule has 2 aromatic rings. The molecule has 0 unspecified atom stereocenters. The Morgan fingerprint density at radius 3 is 2.35 bits per heavy atom. The van der Waals surface area contributed by atoms with Crippen LogP contribution in [0.1, 0.15) is 18.1 Å². The van der Waals surface area contributed by atoms with Gasteiger partial charge in [-0.3, -0.25) is 0 Å². The fourth-order valence-corrected chi connectivity index (χ4v) is 2.82. The van der Waals surface area contributed by atoms with Crippen LogP contribution >= 0.6 is 0 Å². The molecule has 0 radical (unpaired) electrons. The van der Waals surface area contributed by atoms with Crippen molar-refractivity contribution in [2.75, 3.05) is 7.11 Å². The fraction of sp³-hybridized carbons (Fsp3) is 0.263. The largest absolute Gasteiger partial charge is 0.466 e. The van der Waals surface area contributed by atoms with Crippen LogP contribution in [0.3, 0.4) is 0 Å². The number of carbonyl (C=O) groups excluding carboxylic acids is 1. The summed E-state index contributed by atoms with van der Waals surface area (Å²) in [4.78, 5) is 17.1. The van der Waals surface area contributed by atoms with Crippen LogP contribution in [0.15, 0.2) is 65.7 Å². The van der Waals surface area contributed by atoms with Crippen LogP contribution in [0, 0.1) is 0 Å². The molecule has 0 fully saturated rings. The van der Waals surface area contributed by atoms with Crippen molar-refractivity contribution in [2.24, 2.45) is 4.99 Å². The van der Waals surface area contributed by atoms with Gasteiger partial charge in [-0.2, -0.15) is 0 Å². The molecule has 3 rings (SSSR count). The molecule has 1 heterocycles. The van der Waals surface area contributed by atoms with Crippen LogP contribution < -0.4 is 0 Å². The zero-order chi connectivity index (χ0) is 16.3. The number of nitrogens with zero attached hydrogens (tertiary/aromatic N) is 1. The second kappa shape index (κ2) is 6.24. The van der Waals surface area contributed by atoms with E-state index in [9.17, 15) is 4.79 Å².